The van der Waals surface area contributed by atoms with E-state index in [9.17, 15) is 0 Å². The zero-order valence-electron chi connectivity index (χ0n) is 6.45. The highest BCUT2D eigenvalue weighted by molar-refractivity contribution is 4.79. The third-order valence-electron chi connectivity index (χ3n) is 2.27. The standard InChI is InChI=1S/C8H16O2/c1-6(10)2-7-3-8(4-7)5-9/h6-10H,2-5H2,1H3. The lowest BCUT2D eigenvalue weighted by molar-refractivity contribution is 0.0655. The summed E-state index contributed by atoms with van der Waals surface area (Å²) in [4.78, 5) is 0. The van der Waals surface area contributed by atoms with E-state index in [0.29, 0.717) is 18.4 Å². The molecule has 60 valence electrons. The van der Waals surface area contributed by atoms with Crippen LogP contribution in [0.25, 0.3) is 0 Å². The van der Waals surface area contributed by atoms with Crippen molar-refractivity contribution in [3.05, 3.63) is 0 Å². The molecule has 2 N–H and O–H groups in total. The van der Waals surface area contributed by atoms with E-state index in [0.717, 1.165) is 19.3 Å². The van der Waals surface area contributed by atoms with E-state index in [1.165, 1.54) is 0 Å². The molecule has 0 radical (unpaired) electrons. The van der Waals surface area contributed by atoms with Crippen LogP contribution in [-0.4, -0.2) is 22.9 Å². The molecule has 1 rings (SSSR count). The third-order valence-corrected chi connectivity index (χ3v) is 2.27. The average Bonchev–Trinajstić information content (AvgIpc) is 1.76. The molecule has 0 saturated heterocycles. The Kier molecular flexibility index (Phi) is 2.69. The van der Waals surface area contributed by atoms with Gasteiger partial charge in [-0.1, -0.05) is 0 Å². The first-order chi connectivity index (χ1) is 4.72. The van der Waals surface area contributed by atoms with Crippen LogP contribution in [0.15, 0.2) is 0 Å². The van der Waals surface area contributed by atoms with Gasteiger partial charge in [-0.3, -0.25) is 0 Å². The Morgan fingerprint density at radius 3 is 2.40 bits per heavy atom. The maximum absolute atomic E-state index is 8.98. The smallest absolute Gasteiger partial charge is 0.0514 e. The Balaban J connectivity index is 2.03. The van der Waals surface area contributed by atoms with Crippen LogP contribution in [0.2, 0.25) is 0 Å². The van der Waals surface area contributed by atoms with Crippen molar-refractivity contribution in [2.24, 2.45) is 11.8 Å². The highest BCUT2D eigenvalue weighted by atomic mass is 16.3. The van der Waals surface area contributed by atoms with Crippen molar-refractivity contribution in [3.8, 4) is 0 Å². The van der Waals surface area contributed by atoms with Gasteiger partial charge < -0.3 is 10.2 Å². The van der Waals surface area contributed by atoms with Crippen LogP contribution in [0.4, 0.5) is 0 Å². The lowest BCUT2D eigenvalue weighted by Crippen LogP contribution is -2.28. The first-order valence-electron chi connectivity index (χ1n) is 4.01. The zero-order valence-corrected chi connectivity index (χ0v) is 6.45. The number of aliphatic hydroxyl groups is 2. The van der Waals surface area contributed by atoms with E-state index >= 15 is 0 Å². The zero-order chi connectivity index (χ0) is 7.56. The van der Waals surface area contributed by atoms with Crippen molar-refractivity contribution < 1.29 is 10.2 Å². The fourth-order valence-corrected chi connectivity index (χ4v) is 1.70. The molecule has 0 aliphatic heterocycles. The van der Waals surface area contributed by atoms with Gasteiger partial charge in [0, 0.05) is 6.61 Å². The molecule has 1 aliphatic carbocycles. The van der Waals surface area contributed by atoms with E-state index in [-0.39, 0.29) is 6.10 Å². The van der Waals surface area contributed by atoms with Crippen molar-refractivity contribution >= 4 is 0 Å². The number of aliphatic hydroxyl groups excluding tert-OH is 2. The van der Waals surface area contributed by atoms with Gasteiger partial charge in [-0.25, -0.2) is 0 Å². The van der Waals surface area contributed by atoms with E-state index < -0.39 is 0 Å². The maximum Gasteiger partial charge on any atom is 0.0514 e. The molecule has 0 bridgehead atoms. The molecule has 0 aromatic rings. The van der Waals surface area contributed by atoms with E-state index in [4.69, 9.17) is 10.2 Å². The van der Waals surface area contributed by atoms with Crippen LogP contribution in [-0.2, 0) is 0 Å². The second-order valence-electron chi connectivity index (χ2n) is 3.47. The van der Waals surface area contributed by atoms with Gasteiger partial charge in [-0.05, 0) is 38.0 Å². The Labute approximate surface area is 61.9 Å². The van der Waals surface area contributed by atoms with Crippen LogP contribution in [0.1, 0.15) is 26.2 Å². The minimum atomic E-state index is -0.162. The minimum Gasteiger partial charge on any atom is -0.396 e. The number of hydrogen-bond acceptors (Lipinski definition) is 2. The molecule has 0 aromatic carbocycles. The summed E-state index contributed by atoms with van der Waals surface area (Å²) in [7, 11) is 0. The maximum atomic E-state index is 8.98. The Hall–Kier alpha value is -0.0800. The van der Waals surface area contributed by atoms with Crippen LogP contribution in [0.5, 0.6) is 0 Å². The fraction of sp³-hybridized carbons (Fsp3) is 1.00. The molecular weight excluding hydrogens is 128 g/mol. The number of hydrogen-bond donors (Lipinski definition) is 2. The summed E-state index contributed by atoms with van der Waals surface area (Å²) in [5.74, 6) is 1.21. The molecule has 0 aromatic heterocycles. The Morgan fingerprint density at radius 2 is 2.00 bits per heavy atom. The summed E-state index contributed by atoms with van der Waals surface area (Å²) in [6.07, 6.45) is 2.98. The first kappa shape index (κ1) is 8.02. The van der Waals surface area contributed by atoms with Crippen molar-refractivity contribution in [2.75, 3.05) is 6.61 Å². The molecule has 0 amide bonds. The van der Waals surface area contributed by atoms with Gasteiger partial charge in [0.1, 0.15) is 0 Å². The average molecular weight is 144 g/mol. The highest BCUT2D eigenvalue weighted by Crippen LogP contribution is 2.36. The molecule has 1 aliphatic rings. The summed E-state index contributed by atoms with van der Waals surface area (Å²) in [6.45, 7) is 2.16. The topological polar surface area (TPSA) is 40.5 Å². The van der Waals surface area contributed by atoms with Crippen LogP contribution < -0.4 is 0 Å². The van der Waals surface area contributed by atoms with Gasteiger partial charge in [0.25, 0.3) is 0 Å². The van der Waals surface area contributed by atoms with Gasteiger partial charge in [-0.2, -0.15) is 0 Å². The van der Waals surface area contributed by atoms with Gasteiger partial charge in [0.05, 0.1) is 6.10 Å². The molecule has 1 atom stereocenters. The predicted molar refractivity (Wildman–Crippen MR) is 39.6 cm³/mol. The quantitative estimate of drug-likeness (QED) is 0.614. The Morgan fingerprint density at radius 1 is 1.40 bits per heavy atom. The second-order valence-corrected chi connectivity index (χ2v) is 3.47. The Bertz CT molecular complexity index is 95.4. The molecule has 1 unspecified atom stereocenters. The van der Waals surface area contributed by atoms with E-state index in [2.05, 4.69) is 0 Å². The molecule has 10 heavy (non-hydrogen) atoms. The lowest BCUT2D eigenvalue weighted by Gasteiger charge is -2.34. The van der Waals surface area contributed by atoms with Crippen molar-refractivity contribution in [1.29, 1.82) is 0 Å². The molecule has 1 saturated carbocycles. The van der Waals surface area contributed by atoms with Crippen molar-refractivity contribution in [3.63, 3.8) is 0 Å². The lowest BCUT2D eigenvalue weighted by atomic mass is 9.73. The molecule has 0 spiro atoms. The normalized spacial score (nSPS) is 35.1. The molecule has 2 heteroatoms. The third kappa shape index (κ3) is 1.96. The van der Waals surface area contributed by atoms with Crippen molar-refractivity contribution in [1.82, 2.24) is 0 Å². The summed E-state index contributed by atoms with van der Waals surface area (Å²) >= 11 is 0. The number of rotatable bonds is 3. The molecule has 0 heterocycles. The van der Waals surface area contributed by atoms with Crippen molar-refractivity contribution in [2.45, 2.75) is 32.3 Å². The highest BCUT2D eigenvalue weighted by Gasteiger charge is 2.28. The largest absolute Gasteiger partial charge is 0.396 e. The summed E-state index contributed by atoms with van der Waals surface area (Å²) in [5, 5.41) is 17.7. The van der Waals surface area contributed by atoms with Gasteiger partial charge in [-0.15, -0.1) is 0 Å². The van der Waals surface area contributed by atoms with Crippen LogP contribution >= 0.6 is 0 Å². The minimum absolute atomic E-state index is 0.162. The van der Waals surface area contributed by atoms with Crippen LogP contribution in [0.3, 0.4) is 0 Å². The summed E-state index contributed by atoms with van der Waals surface area (Å²) in [6, 6.07) is 0. The molecule has 1 fully saturated rings. The predicted octanol–water partition coefficient (Wildman–Crippen LogP) is 0.776. The summed E-state index contributed by atoms with van der Waals surface area (Å²) in [5.41, 5.74) is 0. The summed E-state index contributed by atoms with van der Waals surface area (Å²) < 4.78 is 0. The molecular formula is C8H16O2. The van der Waals surface area contributed by atoms with E-state index in [1.807, 2.05) is 6.92 Å². The first-order valence-corrected chi connectivity index (χ1v) is 4.01. The second kappa shape index (κ2) is 3.35. The van der Waals surface area contributed by atoms with Crippen LogP contribution in [0, 0.1) is 11.8 Å². The van der Waals surface area contributed by atoms with Gasteiger partial charge in [0.15, 0.2) is 0 Å². The van der Waals surface area contributed by atoms with Gasteiger partial charge in [0.2, 0.25) is 0 Å². The van der Waals surface area contributed by atoms with Gasteiger partial charge >= 0.3 is 0 Å². The molecule has 2 nitrogen and oxygen atoms in total. The fourth-order valence-electron chi connectivity index (χ4n) is 1.70. The van der Waals surface area contributed by atoms with E-state index in [1.54, 1.807) is 0 Å². The SMILES string of the molecule is CC(O)CC1CC(CO)C1. The monoisotopic (exact) mass is 144 g/mol.